The van der Waals surface area contributed by atoms with E-state index in [9.17, 15) is 0 Å². The minimum Gasteiger partial charge on any atom is -0.344 e. The van der Waals surface area contributed by atoms with Crippen molar-refractivity contribution in [3.63, 3.8) is 0 Å². The maximum absolute atomic E-state index is 4.59. The molecule has 0 radical (unpaired) electrons. The summed E-state index contributed by atoms with van der Waals surface area (Å²) < 4.78 is 2.54. The summed E-state index contributed by atoms with van der Waals surface area (Å²) in [5, 5.41) is 1.29. The number of fused-ring (bicyclic) bond motifs is 3. The van der Waals surface area contributed by atoms with Gasteiger partial charge in [-0.2, -0.15) is 0 Å². The van der Waals surface area contributed by atoms with Crippen LogP contribution in [0.5, 0.6) is 0 Å². The summed E-state index contributed by atoms with van der Waals surface area (Å²) >= 11 is 0. The lowest BCUT2D eigenvalue weighted by Gasteiger charge is -2.31. The normalized spacial score (nSPS) is 25.9. The monoisotopic (exact) mass is 252 g/mol. The van der Waals surface area contributed by atoms with Crippen molar-refractivity contribution < 1.29 is 0 Å². The summed E-state index contributed by atoms with van der Waals surface area (Å²) in [5.41, 5.74) is 4.02. The average molecular weight is 252 g/mol. The van der Waals surface area contributed by atoms with Gasteiger partial charge < -0.3 is 4.57 Å². The van der Waals surface area contributed by atoms with Crippen molar-refractivity contribution in [2.45, 2.75) is 45.1 Å². The Kier molecular flexibility index (Phi) is 2.51. The van der Waals surface area contributed by atoms with Gasteiger partial charge in [-0.3, -0.25) is 4.98 Å². The van der Waals surface area contributed by atoms with E-state index in [1.807, 2.05) is 6.20 Å². The fourth-order valence-corrected chi connectivity index (χ4v) is 3.83. The largest absolute Gasteiger partial charge is 0.344 e. The highest BCUT2D eigenvalue weighted by molar-refractivity contribution is 5.90. The van der Waals surface area contributed by atoms with Crippen LogP contribution >= 0.6 is 0 Å². The maximum Gasteiger partial charge on any atom is 0.0590 e. The van der Waals surface area contributed by atoms with Gasteiger partial charge in [0, 0.05) is 35.8 Å². The molecule has 0 amide bonds. The molecule has 2 heteroatoms. The Balaban J connectivity index is 1.90. The van der Waals surface area contributed by atoms with E-state index in [4.69, 9.17) is 0 Å². The fourth-order valence-electron chi connectivity index (χ4n) is 3.83. The number of hydrogen-bond donors (Lipinski definition) is 0. The predicted octanol–water partition coefficient (Wildman–Crippen LogP) is 4.36. The molecule has 0 unspecified atom stereocenters. The first kappa shape index (κ1) is 11.3. The zero-order valence-electron chi connectivity index (χ0n) is 11.5. The van der Waals surface area contributed by atoms with Gasteiger partial charge >= 0.3 is 0 Å². The van der Waals surface area contributed by atoms with E-state index in [0.29, 0.717) is 6.04 Å². The first-order chi connectivity index (χ1) is 9.34. The highest BCUT2D eigenvalue weighted by Gasteiger charge is 2.25. The highest BCUT2D eigenvalue weighted by Crippen LogP contribution is 2.38. The van der Waals surface area contributed by atoms with Crippen molar-refractivity contribution in [1.82, 2.24) is 9.55 Å². The summed E-state index contributed by atoms with van der Waals surface area (Å²) in [6.07, 6.45) is 15.3. The molecule has 2 nitrogen and oxygen atoms in total. The predicted molar refractivity (Wildman–Crippen MR) is 79.1 cm³/mol. The molecule has 0 aromatic carbocycles. The van der Waals surface area contributed by atoms with Crippen LogP contribution in [-0.4, -0.2) is 9.55 Å². The molecule has 2 aliphatic rings. The van der Waals surface area contributed by atoms with Crippen LogP contribution in [0.15, 0.2) is 24.5 Å². The molecule has 0 N–H and O–H groups in total. The molecule has 2 heterocycles. The zero-order valence-corrected chi connectivity index (χ0v) is 11.5. The van der Waals surface area contributed by atoms with Gasteiger partial charge in [-0.05, 0) is 24.8 Å². The van der Waals surface area contributed by atoms with Gasteiger partial charge in [-0.15, -0.1) is 0 Å². The molecule has 2 atom stereocenters. The van der Waals surface area contributed by atoms with Crippen LogP contribution in [0.25, 0.3) is 17.0 Å². The Morgan fingerprint density at radius 2 is 2.16 bits per heavy atom. The van der Waals surface area contributed by atoms with Crippen molar-refractivity contribution in [2.75, 3.05) is 0 Å². The standard InChI is InChI=1S/C17H20N2/c1-12-5-2-3-8-16(12)19-10-9-13-11-18-15-7-4-6-14(15)17(13)19/h4,6,9-12,16H,2-3,5,7-8H2,1H3/t12-,16+/m1/s1. The van der Waals surface area contributed by atoms with Gasteiger partial charge in [0.1, 0.15) is 0 Å². The number of allylic oxidation sites excluding steroid dienone is 1. The minimum atomic E-state index is 0.673. The molecule has 0 spiro atoms. The number of nitrogens with zero attached hydrogens (tertiary/aromatic N) is 2. The van der Waals surface area contributed by atoms with Crippen molar-refractivity contribution in [1.29, 1.82) is 0 Å². The molecule has 2 aromatic rings. The molecular weight excluding hydrogens is 232 g/mol. The van der Waals surface area contributed by atoms with E-state index in [1.54, 1.807) is 0 Å². The lowest BCUT2D eigenvalue weighted by Crippen LogP contribution is -2.20. The molecule has 19 heavy (non-hydrogen) atoms. The third kappa shape index (κ3) is 1.66. The summed E-state index contributed by atoms with van der Waals surface area (Å²) in [5.74, 6) is 0.790. The second-order valence-corrected chi connectivity index (χ2v) is 6.08. The van der Waals surface area contributed by atoms with Crippen LogP contribution in [0.1, 0.15) is 49.9 Å². The highest BCUT2D eigenvalue weighted by atomic mass is 15.0. The Morgan fingerprint density at radius 3 is 3.05 bits per heavy atom. The summed E-state index contributed by atoms with van der Waals surface area (Å²) in [7, 11) is 0. The van der Waals surface area contributed by atoms with Crippen LogP contribution in [0, 0.1) is 5.92 Å². The number of rotatable bonds is 1. The molecule has 0 bridgehead atoms. The Hall–Kier alpha value is -1.57. The second-order valence-electron chi connectivity index (χ2n) is 6.08. The van der Waals surface area contributed by atoms with Gasteiger partial charge in [0.25, 0.3) is 0 Å². The summed E-state index contributed by atoms with van der Waals surface area (Å²) in [6, 6.07) is 2.91. The maximum atomic E-state index is 4.59. The summed E-state index contributed by atoms with van der Waals surface area (Å²) in [4.78, 5) is 4.59. The Bertz CT molecular complexity index is 651. The van der Waals surface area contributed by atoms with Crippen LogP contribution in [0.3, 0.4) is 0 Å². The molecular formula is C17H20N2. The van der Waals surface area contributed by atoms with E-state index in [2.05, 4.69) is 40.9 Å². The number of hydrogen-bond acceptors (Lipinski definition) is 1. The lowest BCUT2D eigenvalue weighted by atomic mass is 9.85. The Labute approximate surface area is 114 Å². The molecule has 2 aromatic heterocycles. The minimum absolute atomic E-state index is 0.673. The summed E-state index contributed by atoms with van der Waals surface area (Å²) in [6.45, 7) is 2.41. The van der Waals surface area contributed by atoms with Gasteiger partial charge in [0.05, 0.1) is 11.2 Å². The smallest absolute Gasteiger partial charge is 0.0590 e. The van der Waals surface area contributed by atoms with E-state index in [0.717, 1.165) is 12.3 Å². The Morgan fingerprint density at radius 1 is 1.26 bits per heavy atom. The topological polar surface area (TPSA) is 17.8 Å². The fraction of sp³-hybridized carbons (Fsp3) is 0.471. The van der Waals surface area contributed by atoms with Crippen LogP contribution < -0.4 is 0 Å². The number of aromatic nitrogens is 2. The third-order valence-corrected chi connectivity index (χ3v) is 4.89. The second kappa shape index (κ2) is 4.22. The van der Waals surface area contributed by atoms with E-state index in [-0.39, 0.29) is 0 Å². The molecule has 1 fully saturated rings. The lowest BCUT2D eigenvalue weighted by molar-refractivity contribution is 0.263. The molecule has 1 saturated carbocycles. The first-order valence-electron chi connectivity index (χ1n) is 7.49. The van der Waals surface area contributed by atoms with Gasteiger partial charge in [0.2, 0.25) is 0 Å². The molecule has 0 aliphatic heterocycles. The third-order valence-electron chi connectivity index (χ3n) is 4.89. The zero-order chi connectivity index (χ0) is 12.8. The van der Waals surface area contributed by atoms with Crippen LogP contribution in [0.4, 0.5) is 0 Å². The molecule has 4 rings (SSSR count). The quantitative estimate of drug-likeness (QED) is 0.737. The van der Waals surface area contributed by atoms with Crippen LogP contribution in [0.2, 0.25) is 0 Å². The molecule has 0 saturated heterocycles. The van der Waals surface area contributed by atoms with Gasteiger partial charge in [-0.25, -0.2) is 0 Å². The van der Waals surface area contributed by atoms with E-state index >= 15 is 0 Å². The average Bonchev–Trinajstić information content (AvgIpc) is 3.04. The van der Waals surface area contributed by atoms with Crippen LogP contribution in [-0.2, 0) is 6.42 Å². The van der Waals surface area contributed by atoms with Crippen molar-refractivity contribution >= 4 is 17.0 Å². The van der Waals surface area contributed by atoms with Gasteiger partial charge in [0.15, 0.2) is 0 Å². The van der Waals surface area contributed by atoms with Crippen molar-refractivity contribution in [2.24, 2.45) is 5.92 Å². The molecule has 98 valence electrons. The van der Waals surface area contributed by atoms with Crippen molar-refractivity contribution in [3.8, 4) is 0 Å². The molecule has 2 aliphatic carbocycles. The number of pyridine rings is 1. The van der Waals surface area contributed by atoms with E-state index < -0.39 is 0 Å². The van der Waals surface area contributed by atoms with E-state index in [1.165, 1.54) is 47.8 Å². The SMILES string of the molecule is C[C@@H]1CCCC[C@@H]1n1ccc2cnc3c(c21)C=CC3. The van der Waals surface area contributed by atoms with Crippen molar-refractivity contribution in [3.05, 3.63) is 35.8 Å². The first-order valence-corrected chi connectivity index (χ1v) is 7.49. The van der Waals surface area contributed by atoms with Gasteiger partial charge in [-0.1, -0.05) is 31.9 Å².